The van der Waals surface area contributed by atoms with Gasteiger partial charge >= 0.3 is 0 Å². The van der Waals surface area contributed by atoms with E-state index >= 15 is 0 Å². The molecule has 0 aliphatic carbocycles. The van der Waals surface area contributed by atoms with Crippen molar-refractivity contribution >= 4 is 29.9 Å². The lowest BCUT2D eigenvalue weighted by Gasteiger charge is -2.25. The van der Waals surface area contributed by atoms with Crippen LogP contribution in [-0.2, 0) is 14.3 Å². The molecule has 8 heteroatoms. The van der Waals surface area contributed by atoms with Crippen LogP contribution in [0.25, 0.3) is 0 Å². The van der Waals surface area contributed by atoms with E-state index in [0.29, 0.717) is 18.9 Å². The second-order valence-corrected chi connectivity index (χ2v) is 5.24. The molecule has 0 bridgehead atoms. The van der Waals surface area contributed by atoms with Gasteiger partial charge in [-0.15, -0.1) is 12.4 Å². The molecule has 6 nitrogen and oxygen atoms in total. The lowest BCUT2D eigenvalue weighted by molar-refractivity contribution is -0.134. The maximum atomic E-state index is 13.0. The Morgan fingerprint density at radius 2 is 2.26 bits per heavy atom. The summed E-state index contributed by atoms with van der Waals surface area (Å²) in [6, 6.07) is 5.60. The number of rotatable bonds is 5. The Hall–Kier alpha value is -1.70. The van der Waals surface area contributed by atoms with Gasteiger partial charge in [0.25, 0.3) is 0 Å². The van der Waals surface area contributed by atoms with Gasteiger partial charge in [0.05, 0.1) is 19.8 Å². The molecule has 0 aromatic heterocycles. The van der Waals surface area contributed by atoms with Crippen molar-refractivity contribution in [1.82, 2.24) is 10.2 Å². The first kappa shape index (κ1) is 19.3. The maximum Gasteiger partial charge on any atom is 0.243 e. The highest BCUT2D eigenvalue weighted by Gasteiger charge is 2.20. The Morgan fingerprint density at radius 3 is 2.91 bits per heavy atom. The van der Waals surface area contributed by atoms with Crippen LogP contribution in [0.3, 0.4) is 0 Å². The fraction of sp³-hybridized carbons (Fsp3) is 0.467. The summed E-state index contributed by atoms with van der Waals surface area (Å²) in [7, 11) is 1.57. The van der Waals surface area contributed by atoms with Gasteiger partial charge in [0.2, 0.25) is 11.8 Å². The molecule has 1 fully saturated rings. The third kappa shape index (κ3) is 6.52. The topological polar surface area (TPSA) is 70.7 Å². The second kappa shape index (κ2) is 9.44. The summed E-state index contributed by atoms with van der Waals surface area (Å²) in [5, 5.41) is 5.75. The van der Waals surface area contributed by atoms with Gasteiger partial charge in [-0.1, -0.05) is 6.07 Å². The number of morpholine rings is 1. The van der Waals surface area contributed by atoms with Crippen LogP contribution in [0.2, 0.25) is 0 Å². The van der Waals surface area contributed by atoms with E-state index in [9.17, 15) is 14.0 Å². The number of hydrogen-bond donors (Lipinski definition) is 2. The molecule has 1 unspecified atom stereocenters. The number of amides is 2. The van der Waals surface area contributed by atoms with Gasteiger partial charge in [0, 0.05) is 31.7 Å². The van der Waals surface area contributed by atoms with Gasteiger partial charge in [-0.3, -0.25) is 9.59 Å². The molecule has 1 aromatic rings. The second-order valence-electron chi connectivity index (χ2n) is 5.24. The predicted molar refractivity (Wildman–Crippen MR) is 87.1 cm³/mol. The first-order valence-electron chi connectivity index (χ1n) is 7.15. The predicted octanol–water partition coefficient (Wildman–Crippen LogP) is 1.02. The average Bonchev–Trinajstić information content (AvgIpc) is 2.48. The molecule has 1 aromatic carbocycles. The van der Waals surface area contributed by atoms with Crippen molar-refractivity contribution in [1.29, 1.82) is 0 Å². The van der Waals surface area contributed by atoms with Crippen LogP contribution >= 0.6 is 12.4 Å². The molecule has 2 rings (SSSR count). The van der Waals surface area contributed by atoms with Crippen LogP contribution in [0.5, 0.6) is 0 Å². The molecule has 1 saturated heterocycles. The SMILES string of the molecule is CN(CC(=O)Nc1cccc(F)c1)C(=O)CC1COCCN1.Cl. The molecular formula is C15H21ClFN3O3. The van der Waals surface area contributed by atoms with Crippen LogP contribution in [0, 0.1) is 5.82 Å². The summed E-state index contributed by atoms with van der Waals surface area (Å²) in [4.78, 5) is 25.3. The minimum atomic E-state index is -0.425. The number of anilines is 1. The van der Waals surface area contributed by atoms with Gasteiger partial charge < -0.3 is 20.3 Å². The molecule has 128 valence electrons. The van der Waals surface area contributed by atoms with Crippen molar-refractivity contribution in [2.45, 2.75) is 12.5 Å². The van der Waals surface area contributed by atoms with Crippen molar-refractivity contribution in [3.8, 4) is 0 Å². The maximum absolute atomic E-state index is 13.0. The van der Waals surface area contributed by atoms with Crippen LogP contribution in [0.1, 0.15) is 6.42 Å². The molecule has 2 N–H and O–H groups in total. The first-order chi connectivity index (χ1) is 10.5. The highest BCUT2D eigenvalue weighted by Crippen LogP contribution is 2.09. The van der Waals surface area contributed by atoms with E-state index in [2.05, 4.69) is 10.6 Å². The number of hydrogen-bond acceptors (Lipinski definition) is 4. The average molecular weight is 346 g/mol. The normalized spacial score (nSPS) is 17.0. The summed E-state index contributed by atoms with van der Waals surface area (Å²) in [6.45, 7) is 1.79. The Bertz CT molecular complexity index is 538. The minimum Gasteiger partial charge on any atom is -0.378 e. The van der Waals surface area contributed by atoms with Crippen LogP contribution in [0.15, 0.2) is 24.3 Å². The van der Waals surface area contributed by atoms with Gasteiger partial charge in [-0.2, -0.15) is 0 Å². The minimum absolute atomic E-state index is 0. The molecule has 0 spiro atoms. The lowest BCUT2D eigenvalue weighted by Crippen LogP contribution is -2.45. The molecule has 1 heterocycles. The molecular weight excluding hydrogens is 325 g/mol. The van der Waals surface area contributed by atoms with Crippen LogP contribution in [0.4, 0.5) is 10.1 Å². The fourth-order valence-corrected chi connectivity index (χ4v) is 2.19. The zero-order valence-corrected chi connectivity index (χ0v) is 13.7. The monoisotopic (exact) mass is 345 g/mol. The number of likely N-dealkylation sites (N-methyl/N-ethyl adjacent to an activating group) is 1. The Kier molecular flexibility index (Phi) is 7.94. The van der Waals surface area contributed by atoms with Crippen molar-refractivity contribution in [3.63, 3.8) is 0 Å². The van der Waals surface area contributed by atoms with Crippen LogP contribution in [-0.4, -0.2) is 56.1 Å². The Morgan fingerprint density at radius 1 is 1.48 bits per heavy atom. The fourth-order valence-electron chi connectivity index (χ4n) is 2.19. The zero-order chi connectivity index (χ0) is 15.9. The summed E-state index contributed by atoms with van der Waals surface area (Å²) in [5.41, 5.74) is 0.369. The number of ether oxygens (including phenoxy) is 1. The van der Waals surface area contributed by atoms with Gasteiger partial charge in [-0.05, 0) is 18.2 Å². The van der Waals surface area contributed by atoms with Crippen molar-refractivity contribution in [2.75, 3.05) is 38.7 Å². The largest absolute Gasteiger partial charge is 0.378 e. The van der Waals surface area contributed by atoms with E-state index < -0.39 is 5.82 Å². The van der Waals surface area contributed by atoms with Gasteiger partial charge in [-0.25, -0.2) is 4.39 Å². The third-order valence-electron chi connectivity index (χ3n) is 3.33. The van der Waals surface area contributed by atoms with Gasteiger partial charge in [0.1, 0.15) is 5.82 Å². The molecule has 1 aliphatic heterocycles. The molecule has 1 aliphatic rings. The summed E-state index contributed by atoms with van der Waals surface area (Å²) >= 11 is 0. The number of nitrogens with zero attached hydrogens (tertiary/aromatic N) is 1. The molecule has 2 amide bonds. The van der Waals surface area contributed by atoms with Crippen molar-refractivity contribution in [3.05, 3.63) is 30.1 Å². The summed E-state index contributed by atoms with van der Waals surface area (Å²) < 4.78 is 18.3. The first-order valence-corrected chi connectivity index (χ1v) is 7.15. The summed E-state index contributed by atoms with van der Waals surface area (Å²) in [5.74, 6) is -0.933. The number of carbonyl (C=O) groups excluding carboxylic acids is 2. The smallest absolute Gasteiger partial charge is 0.243 e. The van der Waals surface area contributed by atoms with E-state index in [0.717, 1.165) is 6.54 Å². The van der Waals surface area contributed by atoms with Gasteiger partial charge in [0.15, 0.2) is 0 Å². The van der Waals surface area contributed by atoms with E-state index in [4.69, 9.17) is 4.74 Å². The van der Waals surface area contributed by atoms with E-state index in [1.165, 1.54) is 23.1 Å². The van der Waals surface area contributed by atoms with E-state index in [1.54, 1.807) is 13.1 Å². The molecule has 0 saturated carbocycles. The Labute approximate surface area is 140 Å². The van der Waals surface area contributed by atoms with E-state index in [-0.39, 0.29) is 43.2 Å². The highest BCUT2D eigenvalue weighted by molar-refractivity contribution is 5.94. The molecule has 23 heavy (non-hydrogen) atoms. The lowest BCUT2D eigenvalue weighted by atomic mass is 10.2. The number of nitrogens with one attached hydrogen (secondary N) is 2. The highest BCUT2D eigenvalue weighted by atomic mass is 35.5. The molecule has 0 radical (unpaired) electrons. The third-order valence-corrected chi connectivity index (χ3v) is 3.33. The van der Waals surface area contributed by atoms with Crippen molar-refractivity contribution < 1.29 is 18.7 Å². The number of halogens is 2. The standard InChI is InChI=1S/C15H20FN3O3.ClH/c1-19(15(21)8-13-10-22-6-5-17-13)9-14(20)18-12-4-2-3-11(16)7-12;/h2-4,7,13,17H,5-6,8-10H2,1H3,(H,18,20);1H. The molecule has 1 atom stereocenters. The number of carbonyl (C=O) groups is 2. The zero-order valence-electron chi connectivity index (χ0n) is 12.9. The number of benzene rings is 1. The quantitative estimate of drug-likeness (QED) is 0.836. The Balaban J connectivity index is 0.00000264. The van der Waals surface area contributed by atoms with E-state index in [1.807, 2.05) is 0 Å². The summed E-state index contributed by atoms with van der Waals surface area (Å²) in [6.07, 6.45) is 0.281. The van der Waals surface area contributed by atoms with Crippen LogP contribution < -0.4 is 10.6 Å². The van der Waals surface area contributed by atoms with Crippen molar-refractivity contribution in [2.24, 2.45) is 0 Å².